The number of likely N-dealkylation sites (tertiary alicyclic amines) is 1. The van der Waals surface area contributed by atoms with Crippen molar-refractivity contribution in [1.29, 1.82) is 0 Å². The van der Waals surface area contributed by atoms with E-state index < -0.39 is 0 Å². The van der Waals surface area contributed by atoms with Crippen molar-refractivity contribution >= 4 is 34.0 Å². The maximum absolute atomic E-state index is 12.5. The van der Waals surface area contributed by atoms with E-state index in [0.717, 1.165) is 48.7 Å². The number of amides is 2. The van der Waals surface area contributed by atoms with E-state index in [1.54, 1.807) is 4.90 Å². The van der Waals surface area contributed by atoms with Crippen LogP contribution < -0.4 is 0 Å². The highest BCUT2D eigenvalue weighted by molar-refractivity contribution is 8.13. The Bertz CT molecular complexity index is 758. The van der Waals surface area contributed by atoms with Gasteiger partial charge < -0.3 is 14.2 Å². The fraction of sp³-hybridized carbons (Fsp3) is 0.500. The number of rotatable bonds is 4. The Morgan fingerprint density at radius 3 is 3.00 bits per heavy atom. The summed E-state index contributed by atoms with van der Waals surface area (Å²) in [5.41, 5.74) is 1.66. The average molecular weight is 359 g/mol. The molecule has 2 fully saturated rings. The molecule has 25 heavy (non-hydrogen) atoms. The molecule has 2 aromatic rings. The molecule has 132 valence electrons. The topological polar surface area (TPSA) is 66.7 Å². The van der Waals surface area contributed by atoms with Crippen molar-refractivity contribution in [3.63, 3.8) is 0 Å². The van der Waals surface area contributed by atoms with Gasteiger partial charge in [-0.1, -0.05) is 23.9 Å². The molecule has 6 nitrogen and oxygen atoms in total. The molecular weight excluding hydrogens is 338 g/mol. The van der Waals surface area contributed by atoms with E-state index in [1.165, 1.54) is 11.8 Å². The van der Waals surface area contributed by atoms with Crippen molar-refractivity contribution in [3.05, 3.63) is 30.2 Å². The molecule has 0 bridgehead atoms. The van der Waals surface area contributed by atoms with E-state index in [1.807, 2.05) is 29.2 Å². The molecule has 3 heterocycles. The smallest absolute Gasteiger partial charge is 0.281 e. The molecule has 0 unspecified atom stereocenters. The Kier molecular flexibility index (Phi) is 4.65. The van der Waals surface area contributed by atoms with E-state index in [0.29, 0.717) is 19.5 Å². The van der Waals surface area contributed by atoms with Crippen molar-refractivity contribution in [2.45, 2.75) is 25.2 Å². The Morgan fingerprint density at radius 2 is 2.20 bits per heavy atom. The van der Waals surface area contributed by atoms with Crippen molar-refractivity contribution in [1.82, 2.24) is 14.8 Å². The van der Waals surface area contributed by atoms with Gasteiger partial charge in [0, 0.05) is 38.4 Å². The first-order chi connectivity index (χ1) is 12.2. The maximum atomic E-state index is 12.5. The molecule has 1 aromatic heterocycles. The summed E-state index contributed by atoms with van der Waals surface area (Å²) >= 11 is 1.33. The number of oxazole rings is 1. The Balaban J connectivity index is 1.38. The van der Waals surface area contributed by atoms with Crippen LogP contribution in [0.25, 0.3) is 11.1 Å². The molecule has 0 aliphatic carbocycles. The second kappa shape index (κ2) is 7.07. The number of carbonyl (C=O) groups excluding carboxylic acids is 2. The molecule has 0 spiro atoms. The number of aromatic nitrogens is 1. The largest absolute Gasteiger partial charge is 0.440 e. The van der Waals surface area contributed by atoms with Gasteiger partial charge in [-0.05, 0) is 25.0 Å². The predicted molar refractivity (Wildman–Crippen MR) is 96.6 cm³/mol. The normalized spacial score (nSPS) is 21.3. The summed E-state index contributed by atoms with van der Waals surface area (Å²) in [6, 6.07) is 7.75. The van der Waals surface area contributed by atoms with Gasteiger partial charge in [-0.25, -0.2) is 4.98 Å². The lowest BCUT2D eigenvalue weighted by atomic mass is 9.97. The molecule has 2 aliphatic rings. The van der Waals surface area contributed by atoms with Gasteiger partial charge in [-0.15, -0.1) is 0 Å². The van der Waals surface area contributed by atoms with Crippen LogP contribution in [0.15, 0.2) is 28.7 Å². The number of thioether (sulfide) groups is 1. The zero-order chi connectivity index (χ0) is 17.2. The monoisotopic (exact) mass is 359 g/mol. The van der Waals surface area contributed by atoms with Gasteiger partial charge >= 0.3 is 0 Å². The van der Waals surface area contributed by atoms with Gasteiger partial charge in [0.25, 0.3) is 5.24 Å². The van der Waals surface area contributed by atoms with Gasteiger partial charge in [0.2, 0.25) is 5.91 Å². The third-order valence-electron chi connectivity index (χ3n) is 4.87. The minimum atomic E-state index is 0.0933. The number of nitrogens with zero attached hydrogens (tertiary/aromatic N) is 3. The van der Waals surface area contributed by atoms with Crippen LogP contribution in [0.3, 0.4) is 0 Å². The van der Waals surface area contributed by atoms with Crippen molar-refractivity contribution in [2.24, 2.45) is 0 Å². The highest BCUT2D eigenvalue weighted by Crippen LogP contribution is 2.29. The number of carbonyl (C=O) groups is 2. The van der Waals surface area contributed by atoms with Crippen LogP contribution in [0.4, 0.5) is 4.79 Å². The lowest BCUT2D eigenvalue weighted by molar-refractivity contribution is -0.132. The summed E-state index contributed by atoms with van der Waals surface area (Å²) in [4.78, 5) is 32.4. The lowest BCUT2D eigenvalue weighted by Crippen LogP contribution is -2.40. The molecule has 7 heteroatoms. The Hall–Kier alpha value is -2.02. The minimum absolute atomic E-state index is 0.0933. The third kappa shape index (κ3) is 3.51. The van der Waals surface area contributed by atoms with Gasteiger partial charge in [-0.2, -0.15) is 0 Å². The number of piperidine rings is 1. The summed E-state index contributed by atoms with van der Waals surface area (Å²) in [6.45, 7) is 2.70. The first-order valence-electron chi connectivity index (χ1n) is 8.75. The van der Waals surface area contributed by atoms with Gasteiger partial charge in [0.15, 0.2) is 11.5 Å². The van der Waals surface area contributed by atoms with Crippen LogP contribution in [0.5, 0.6) is 0 Å². The maximum Gasteiger partial charge on any atom is 0.281 e. The fourth-order valence-corrected chi connectivity index (χ4v) is 4.34. The van der Waals surface area contributed by atoms with Crippen LogP contribution in [0.1, 0.15) is 31.1 Å². The average Bonchev–Trinajstić information content (AvgIpc) is 3.25. The summed E-state index contributed by atoms with van der Waals surface area (Å²) in [6.07, 6.45) is 2.33. The standard InChI is InChI=1S/C18H21N3O3S/c22-16(7-9-20-10-11-25-18(20)23)21-8-3-4-13(12-21)17-19-14-5-1-2-6-15(14)24-17/h1-2,5-6,13H,3-4,7-12H2/t13-/m0/s1. The van der Waals surface area contributed by atoms with Gasteiger partial charge in [-0.3, -0.25) is 9.59 Å². The van der Waals surface area contributed by atoms with Crippen LogP contribution in [-0.4, -0.2) is 57.9 Å². The van der Waals surface area contributed by atoms with Crippen LogP contribution in [0, 0.1) is 0 Å². The molecule has 1 aromatic carbocycles. The van der Waals surface area contributed by atoms with Gasteiger partial charge in [0.05, 0.1) is 5.92 Å². The van der Waals surface area contributed by atoms with E-state index in [2.05, 4.69) is 4.98 Å². The van der Waals surface area contributed by atoms with E-state index in [-0.39, 0.29) is 17.1 Å². The molecular formula is C18H21N3O3S. The lowest BCUT2D eigenvalue weighted by Gasteiger charge is -2.31. The van der Waals surface area contributed by atoms with E-state index in [4.69, 9.17) is 4.42 Å². The zero-order valence-corrected chi connectivity index (χ0v) is 14.8. The number of hydrogen-bond donors (Lipinski definition) is 0. The van der Waals surface area contributed by atoms with Crippen LogP contribution in [0.2, 0.25) is 0 Å². The number of para-hydroxylation sites is 2. The summed E-state index contributed by atoms with van der Waals surface area (Å²) < 4.78 is 5.89. The third-order valence-corrected chi connectivity index (χ3v) is 5.77. The molecule has 2 amide bonds. The summed E-state index contributed by atoms with van der Waals surface area (Å²) in [5.74, 6) is 1.82. The van der Waals surface area contributed by atoms with Crippen LogP contribution in [-0.2, 0) is 4.79 Å². The molecule has 0 radical (unpaired) electrons. The van der Waals surface area contributed by atoms with Crippen molar-refractivity contribution < 1.29 is 14.0 Å². The molecule has 0 saturated carbocycles. The minimum Gasteiger partial charge on any atom is -0.440 e. The molecule has 4 rings (SSSR count). The second-order valence-corrected chi connectivity index (χ2v) is 7.60. The van der Waals surface area contributed by atoms with Gasteiger partial charge in [0.1, 0.15) is 5.52 Å². The fourth-order valence-electron chi connectivity index (χ4n) is 3.49. The van der Waals surface area contributed by atoms with Crippen molar-refractivity contribution in [2.75, 3.05) is 31.9 Å². The second-order valence-electron chi connectivity index (χ2n) is 6.55. The predicted octanol–water partition coefficient (Wildman–Crippen LogP) is 3.09. The zero-order valence-electron chi connectivity index (χ0n) is 14.0. The first kappa shape index (κ1) is 16.4. The molecule has 2 aliphatic heterocycles. The van der Waals surface area contributed by atoms with Crippen molar-refractivity contribution in [3.8, 4) is 0 Å². The SMILES string of the molecule is O=C(CCN1CCSC1=O)N1CCC[C@H](c2nc3ccccc3o2)C1. The first-order valence-corrected chi connectivity index (χ1v) is 9.74. The highest BCUT2D eigenvalue weighted by Gasteiger charge is 2.29. The number of benzene rings is 1. The summed E-state index contributed by atoms with van der Waals surface area (Å²) in [7, 11) is 0. The summed E-state index contributed by atoms with van der Waals surface area (Å²) in [5, 5.41) is 0.0933. The molecule has 2 saturated heterocycles. The quantitative estimate of drug-likeness (QED) is 0.839. The van der Waals surface area contributed by atoms with E-state index in [9.17, 15) is 9.59 Å². The highest BCUT2D eigenvalue weighted by atomic mass is 32.2. The van der Waals surface area contributed by atoms with E-state index >= 15 is 0 Å². The number of fused-ring (bicyclic) bond motifs is 1. The number of hydrogen-bond acceptors (Lipinski definition) is 5. The molecule has 0 N–H and O–H groups in total. The van der Waals surface area contributed by atoms with Crippen LogP contribution >= 0.6 is 11.8 Å². The Morgan fingerprint density at radius 1 is 1.32 bits per heavy atom. The molecule has 1 atom stereocenters. The Labute approximate surface area is 150 Å².